The number of carbonyl (C=O) groups is 2. The highest BCUT2D eigenvalue weighted by molar-refractivity contribution is 5.71. The van der Waals surface area contributed by atoms with Crippen LogP contribution in [0.1, 0.15) is 53.7 Å². The molecule has 3 aliphatic rings. The minimum atomic E-state index is -1.88. The first kappa shape index (κ1) is 38.9. The molecule has 0 fully saturated rings. The Balaban J connectivity index is 1.55. The topological polar surface area (TPSA) is 154 Å². The van der Waals surface area contributed by atoms with Gasteiger partial charge in [-0.25, -0.2) is 0 Å². The van der Waals surface area contributed by atoms with Gasteiger partial charge in [0, 0.05) is 60.2 Å². The Morgan fingerprint density at radius 3 is 1.75 bits per heavy atom. The molecule has 302 valence electrons. The van der Waals surface area contributed by atoms with Gasteiger partial charge in [-0.3, -0.25) is 9.59 Å². The third-order valence-electron chi connectivity index (χ3n) is 10.3. The molecule has 4 aromatic carbocycles. The fourth-order valence-corrected chi connectivity index (χ4v) is 7.95. The van der Waals surface area contributed by atoms with Gasteiger partial charge in [0.25, 0.3) is 0 Å². The van der Waals surface area contributed by atoms with Crippen LogP contribution in [-0.4, -0.2) is 81.0 Å². The van der Waals surface area contributed by atoms with Gasteiger partial charge < -0.3 is 61.6 Å². The highest BCUT2D eigenvalue weighted by Gasteiger charge is 2.62. The summed E-state index contributed by atoms with van der Waals surface area (Å²) in [6.07, 6.45) is -2.67. The van der Waals surface area contributed by atoms with Crippen LogP contribution in [0.4, 0.5) is 0 Å². The van der Waals surface area contributed by atoms with Crippen LogP contribution >= 0.6 is 0 Å². The molecule has 0 amide bonds. The Bertz CT molecular complexity index is 2190. The van der Waals surface area contributed by atoms with E-state index in [1.807, 2.05) is 6.07 Å². The van der Waals surface area contributed by atoms with Crippen LogP contribution in [0.5, 0.6) is 63.2 Å². The molecule has 0 saturated carbocycles. The van der Waals surface area contributed by atoms with E-state index in [4.69, 9.17) is 61.6 Å². The normalized spacial score (nSPS) is 21.0. The first-order valence-corrected chi connectivity index (χ1v) is 17.9. The molecule has 4 aromatic rings. The van der Waals surface area contributed by atoms with E-state index >= 15 is 0 Å². The molecule has 2 bridgehead atoms. The Kier molecular flexibility index (Phi) is 10.4. The van der Waals surface area contributed by atoms with E-state index in [2.05, 4.69) is 0 Å². The van der Waals surface area contributed by atoms with Crippen LogP contribution < -0.4 is 52.1 Å². The molecule has 7 rings (SSSR count). The number of fused-ring (bicyclic) bond motifs is 8. The lowest BCUT2D eigenvalue weighted by Crippen LogP contribution is -2.59. The van der Waals surface area contributed by atoms with Gasteiger partial charge in [0.2, 0.25) is 5.75 Å². The molecule has 0 spiro atoms. The molecule has 0 saturated heterocycles. The standard InChI is InChI=1S/C42H44O15/c1-20(43)53-35-17-25-27(46-4)18-32-37(39(25)55-38(35)22-11-12-26(45-3)29(13-22)47-5)36-24-16-30(48-6)31(49-7)19-28(24)56-42(57-32,41(36)54-21(2)44)23-14-33(50-8)40(52-10)34(15-23)51-9/h11-16,18-19,35-36,38,41H,17H2,1-10H3. The molecule has 5 unspecified atom stereocenters. The third-order valence-corrected chi connectivity index (χ3v) is 10.3. The summed E-state index contributed by atoms with van der Waals surface area (Å²) in [5.74, 6) is 0.248. The average Bonchev–Trinajstić information content (AvgIpc) is 3.21. The van der Waals surface area contributed by atoms with Gasteiger partial charge in [-0.15, -0.1) is 0 Å². The van der Waals surface area contributed by atoms with Gasteiger partial charge in [-0.2, -0.15) is 0 Å². The van der Waals surface area contributed by atoms with Gasteiger partial charge in [-0.05, 0) is 30.3 Å². The molecule has 3 aliphatic heterocycles. The number of carbonyl (C=O) groups excluding carboxylic acids is 2. The first-order valence-electron chi connectivity index (χ1n) is 17.9. The van der Waals surface area contributed by atoms with E-state index in [1.54, 1.807) is 49.6 Å². The summed E-state index contributed by atoms with van der Waals surface area (Å²) in [5, 5.41) is 0. The third kappa shape index (κ3) is 6.40. The van der Waals surface area contributed by atoms with Crippen molar-refractivity contribution in [1.82, 2.24) is 0 Å². The quantitative estimate of drug-likeness (QED) is 0.153. The van der Waals surface area contributed by atoms with Crippen molar-refractivity contribution in [3.05, 3.63) is 76.3 Å². The molecule has 5 atom stereocenters. The summed E-state index contributed by atoms with van der Waals surface area (Å²) >= 11 is 0. The minimum Gasteiger partial charge on any atom is -0.496 e. The van der Waals surface area contributed by atoms with Crippen molar-refractivity contribution in [2.24, 2.45) is 0 Å². The molecule has 15 heteroatoms. The maximum absolute atomic E-state index is 13.2. The first-order chi connectivity index (χ1) is 27.5. The smallest absolute Gasteiger partial charge is 0.317 e. The van der Waals surface area contributed by atoms with Crippen LogP contribution in [0.25, 0.3) is 0 Å². The van der Waals surface area contributed by atoms with Crippen molar-refractivity contribution in [2.75, 3.05) is 56.9 Å². The molecule has 3 heterocycles. The van der Waals surface area contributed by atoms with Crippen molar-refractivity contribution in [1.29, 1.82) is 0 Å². The summed E-state index contributed by atoms with van der Waals surface area (Å²) in [7, 11) is 12.1. The second-order valence-electron chi connectivity index (χ2n) is 13.3. The number of benzene rings is 4. The van der Waals surface area contributed by atoms with E-state index in [1.165, 1.54) is 63.6 Å². The zero-order valence-electron chi connectivity index (χ0n) is 33.3. The maximum atomic E-state index is 13.2. The number of esters is 2. The summed E-state index contributed by atoms with van der Waals surface area (Å²) < 4.78 is 78.9. The van der Waals surface area contributed by atoms with Crippen LogP contribution in [0, 0.1) is 0 Å². The number of hydrogen-bond donors (Lipinski definition) is 0. The Morgan fingerprint density at radius 1 is 0.614 bits per heavy atom. The second-order valence-corrected chi connectivity index (χ2v) is 13.3. The van der Waals surface area contributed by atoms with Gasteiger partial charge in [0.1, 0.15) is 29.1 Å². The molecule has 0 aliphatic carbocycles. The highest BCUT2D eigenvalue weighted by Crippen LogP contribution is 2.63. The van der Waals surface area contributed by atoms with Gasteiger partial charge in [0.15, 0.2) is 46.7 Å². The van der Waals surface area contributed by atoms with E-state index in [9.17, 15) is 9.59 Å². The lowest BCUT2D eigenvalue weighted by Gasteiger charge is -2.51. The zero-order chi connectivity index (χ0) is 40.8. The second kappa shape index (κ2) is 15.3. The molecule has 15 nitrogen and oxygen atoms in total. The van der Waals surface area contributed by atoms with Gasteiger partial charge in [-0.1, -0.05) is 6.07 Å². The number of methoxy groups -OCH3 is 8. The lowest BCUT2D eigenvalue weighted by atomic mass is 9.74. The summed E-state index contributed by atoms with van der Waals surface area (Å²) in [5.41, 5.74) is 2.70. The Labute approximate surface area is 329 Å². The molecular weight excluding hydrogens is 744 g/mol. The fourth-order valence-electron chi connectivity index (χ4n) is 7.95. The summed E-state index contributed by atoms with van der Waals surface area (Å²) in [6.45, 7) is 2.65. The molecule has 57 heavy (non-hydrogen) atoms. The maximum Gasteiger partial charge on any atom is 0.317 e. The highest BCUT2D eigenvalue weighted by atomic mass is 16.7. The average molecular weight is 789 g/mol. The van der Waals surface area contributed by atoms with Crippen molar-refractivity contribution in [3.63, 3.8) is 0 Å². The zero-order valence-corrected chi connectivity index (χ0v) is 33.3. The lowest BCUT2D eigenvalue weighted by molar-refractivity contribution is -0.232. The van der Waals surface area contributed by atoms with E-state index < -0.39 is 42.0 Å². The predicted octanol–water partition coefficient (Wildman–Crippen LogP) is 6.06. The summed E-state index contributed by atoms with van der Waals surface area (Å²) in [6, 6.07) is 13.9. The number of ether oxygens (including phenoxy) is 13. The number of rotatable bonds is 12. The van der Waals surface area contributed by atoms with Crippen molar-refractivity contribution in [3.8, 4) is 63.2 Å². The predicted molar refractivity (Wildman–Crippen MR) is 201 cm³/mol. The minimum absolute atomic E-state index is 0.183. The van der Waals surface area contributed by atoms with Crippen LogP contribution in [0.3, 0.4) is 0 Å². The molecule has 0 aromatic heterocycles. The fraction of sp³-hybridized carbons (Fsp3) is 0.381. The molecular formula is C42H44O15. The van der Waals surface area contributed by atoms with Gasteiger partial charge in [0.05, 0.1) is 62.8 Å². The van der Waals surface area contributed by atoms with E-state index in [0.29, 0.717) is 91.1 Å². The monoisotopic (exact) mass is 788 g/mol. The molecule has 0 N–H and O–H groups in total. The van der Waals surface area contributed by atoms with Crippen molar-refractivity contribution < 1.29 is 71.2 Å². The Morgan fingerprint density at radius 2 is 1.18 bits per heavy atom. The van der Waals surface area contributed by atoms with Crippen LogP contribution in [0.15, 0.2) is 48.5 Å². The van der Waals surface area contributed by atoms with Crippen molar-refractivity contribution >= 4 is 11.9 Å². The van der Waals surface area contributed by atoms with Gasteiger partial charge >= 0.3 is 17.7 Å². The summed E-state index contributed by atoms with van der Waals surface area (Å²) in [4.78, 5) is 25.8. The van der Waals surface area contributed by atoms with Crippen LogP contribution in [0.2, 0.25) is 0 Å². The molecule has 0 radical (unpaired) electrons. The SMILES string of the molecule is COc1ccc(C2Oc3c(c(OC)cc4c3C3c5cc(OC)c(OC)cc5OC(c5cc(OC)c(OC)c(OC)c5)(O4)C3OC(C)=O)CC2OC(C)=O)cc1OC. The van der Waals surface area contributed by atoms with E-state index in [0.717, 1.165) is 0 Å². The largest absolute Gasteiger partial charge is 0.496 e. The van der Waals surface area contributed by atoms with Crippen LogP contribution in [-0.2, 0) is 31.3 Å². The van der Waals surface area contributed by atoms with E-state index in [-0.39, 0.29) is 6.42 Å². The van der Waals surface area contributed by atoms with Crippen molar-refractivity contribution in [2.45, 2.75) is 50.3 Å². The Hall–Kier alpha value is -6.38. The number of hydrogen-bond acceptors (Lipinski definition) is 15.